The van der Waals surface area contributed by atoms with Gasteiger partial charge in [-0.1, -0.05) is 37.1 Å². The van der Waals surface area contributed by atoms with Gasteiger partial charge in [0.05, 0.1) is 17.5 Å². The number of amides is 2. The number of nitrogens with zero attached hydrogens (tertiary/aromatic N) is 1. The quantitative estimate of drug-likeness (QED) is 0.296. The molecule has 4 atom stereocenters. The number of anilines is 3. The van der Waals surface area contributed by atoms with Gasteiger partial charge in [-0.25, -0.2) is 0 Å². The van der Waals surface area contributed by atoms with Crippen LogP contribution in [0.25, 0.3) is 0 Å². The summed E-state index contributed by atoms with van der Waals surface area (Å²) in [5.41, 5.74) is 4.09. The number of fused-ring (bicyclic) bond motifs is 3. The van der Waals surface area contributed by atoms with Gasteiger partial charge in [0.15, 0.2) is 0 Å². The van der Waals surface area contributed by atoms with Gasteiger partial charge in [0.2, 0.25) is 11.8 Å². The number of furan rings is 1. The lowest BCUT2D eigenvalue weighted by Gasteiger charge is -2.41. The zero-order chi connectivity index (χ0) is 27.1. The average molecular weight is 526 g/mol. The van der Waals surface area contributed by atoms with E-state index in [0.717, 1.165) is 35.3 Å². The highest BCUT2D eigenvalue weighted by Crippen LogP contribution is 2.52. The second-order valence-corrected chi connectivity index (χ2v) is 10.5. The van der Waals surface area contributed by atoms with Gasteiger partial charge in [-0.2, -0.15) is 0 Å². The van der Waals surface area contributed by atoms with Gasteiger partial charge in [-0.05, 0) is 79.2 Å². The summed E-state index contributed by atoms with van der Waals surface area (Å²) < 4.78 is 11.7. The molecule has 1 aromatic heterocycles. The highest BCUT2D eigenvalue weighted by atomic mass is 16.5. The first-order chi connectivity index (χ1) is 19.0. The highest BCUT2D eigenvalue weighted by molar-refractivity contribution is 6.53. The monoisotopic (exact) mass is 526 g/mol. The first kappa shape index (κ1) is 25.6. The molecule has 6 rings (SSSR count). The van der Waals surface area contributed by atoms with E-state index in [4.69, 9.17) is 9.07 Å². The molecule has 200 valence electrons. The predicted octanol–water partition coefficient (Wildman–Crippen LogP) is 4.92. The summed E-state index contributed by atoms with van der Waals surface area (Å²) in [4.78, 5) is 29.0. The molecule has 8 nitrogen and oxygen atoms in total. The number of rotatable bonds is 7. The van der Waals surface area contributed by atoms with Gasteiger partial charge in [0.1, 0.15) is 24.2 Å². The molecule has 3 N–H and O–H groups in total. The number of carbonyl (C=O) groups is 2. The predicted molar refractivity (Wildman–Crippen MR) is 147 cm³/mol. The fraction of sp³-hybridized carbons (Fsp3) is 0.333. The SMILES string of the molecule is CCCC1=C2B(O)O[C@H](c3ccc(CO)o3)C[C@H]2[C@H]2C(=O)N(c3ccc(Nc4ccccc4)cc3)C(=O)[C@H]2C1. The Kier molecular flexibility index (Phi) is 6.89. The Hall–Kier alpha value is -3.66. The van der Waals surface area contributed by atoms with Crippen molar-refractivity contribution in [3.8, 4) is 0 Å². The summed E-state index contributed by atoms with van der Waals surface area (Å²) in [6.07, 6.45) is 1.86. The average Bonchev–Trinajstić information content (AvgIpc) is 3.52. The fourth-order valence-electron chi connectivity index (χ4n) is 6.42. The minimum absolute atomic E-state index is 0.195. The van der Waals surface area contributed by atoms with Crippen LogP contribution in [0.2, 0.25) is 0 Å². The number of carbonyl (C=O) groups excluding carboxylic acids is 2. The first-order valence-electron chi connectivity index (χ1n) is 13.5. The maximum Gasteiger partial charge on any atom is 0.487 e. The van der Waals surface area contributed by atoms with Crippen molar-refractivity contribution in [1.29, 1.82) is 0 Å². The molecule has 39 heavy (non-hydrogen) atoms. The van der Waals surface area contributed by atoms with E-state index in [9.17, 15) is 19.7 Å². The number of hydrogen-bond donors (Lipinski definition) is 3. The van der Waals surface area contributed by atoms with Crippen molar-refractivity contribution in [3.63, 3.8) is 0 Å². The Balaban J connectivity index is 1.29. The Labute approximate surface area is 227 Å². The molecule has 1 aliphatic carbocycles. The Morgan fingerprint density at radius 3 is 2.41 bits per heavy atom. The van der Waals surface area contributed by atoms with Crippen LogP contribution in [0.4, 0.5) is 17.1 Å². The van der Waals surface area contributed by atoms with E-state index in [2.05, 4.69) is 12.2 Å². The van der Waals surface area contributed by atoms with Crippen molar-refractivity contribution in [2.45, 2.75) is 45.3 Å². The number of nitrogens with one attached hydrogen (secondary N) is 1. The third-order valence-corrected chi connectivity index (χ3v) is 8.11. The maximum absolute atomic E-state index is 13.9. The topological polar surface area (TPSA) is 112 Å². The number of aliphatic hydroxyl groups excluding tert-OH is 1. The van der Waals surface area contributed by atoms with Gasteiger partial charge in [0.25, 0.3) is 0 Å². The zero-order valence-corrected chi connectivity index (χ0v) is 21.7. The molecule has 0 spiro atoms. The molecule has 2 saturated heterocycles. The summed E-state index contributed by atoms with van der Waals surface area (Å²) in [6, 6.07) is 20.5. The molecule has 3 aliphatic rings. The molecule has 0 unspecified atom stereocenters. The van der Waals surface area contributed by atoms with Crippen molar-refractivity contribution >= 4 is 36.0 Å². The van der Waals surface area contributed by atoms with E-state index in [-0.39, 0.29) is 24.3 Å². The Morgan fingerprint density at radius 1 is 0.974 bits per heavy atom. The van der Waals surface area contributed by atoms with Crippen LogP contribution in [-0.2, 0) is 20.9 Å². The first-order valence-corrected chi connectivity index (χ1v) is 13.5. The fourth-order valence-corrected chi connectivity index (χ4v) is 6.42. The molecule has 2 aliphatic heterocycles. The number of hydrogen-bond acceptors (Lipinski definition) is 7. The molecule has 2 aromatic carbocycles. The van der Waals surface area contributed by atoms with Crippen molar-refractivity contribution in [2.75, 3.05) is 10.2 Å². The lowest BCUT2D eigenvalue weighted by Crippen LogP contribution is -2.44. The molecule has 2 amide bonds. The van der Waals surface area contributed by atoms with Crippen LogP contribution in [0.1, 0.15) is 50.2 Å². The number of benzene rings is 2. The lowest BCUT2D eigenvalue weighted by atomic mass is 9.55. The van der Waals surface area contributed by atoms with Crippen molar-refractivity contribution in [3.05, 3.63) is 89.3 Å². The number of imide groups is 1. The largest absolute Gasteiger partial charge is 0.487 e. The van der Waals surface area contributed by atoms with E-state index >= 15 is 0 Å². The van der Waals surface area contributed by atoms with E-state index in [0.29, 0.717) is 30.0 Å². The van der Waals surface area contributed by atoms with E-state index in [1.807, 2.05) is 42.5 Å². The molecule has 2 fully saturated rings. The normalized spacial score (nSPS) is 24.7. The van der Waals surface area contributed by atoms with Gasteiger partial charge in [0, 0.05) is 11.4 Å². The van der Waals surface area contributed by atoms with Gasteiger partial charge >= 0.3 is 7.12 Å². The summed E-state index contributed by atoms with van der Waals surface area (Å²) in [7, 11) is -1.18. The van der Waals surface area contributed by atoms with Gasteiger partial charge in [-0.15, -0.1) is 0 Å². The molecular formula is C30H31BN2O6. The number of allylic oxidation sites excluding steroid dienone is 2. The van der Waals surface area contributed by atoms with Crippen LogP contribution >= 0.6 is 0 Å². The Morgan fingerprint density at radius 2 is 1.72 bits per heavy atom. The molecule has 9 heteroatoms. The molecule has 0 saturated carbocycles. The minimum Gasteiger partial charge on any atom is -0.461 e. The van der Waals surface area contributed by atoms with Crippen molar-refractivity contribution in [2.24, 2.45) is 17.8 Å². The second kappa shape index (κ2) is 10.5. The zero-order valence-electron chi connectivity index (χ0n) is 21.7. The molecule has 0 bridgehead atoms. The molecule has 3 aromatic rings. The maximum atomic E-state index is 13.9. The second-order valence-electron chi connectivity index (χ2n) is 10.5. The van der Waals surface area contributed by atoms with Crippen LogP contribution in [0, 0.1) is 17.8 Å². The van der Waals surface area contributed by atoms with Crippen LogP contribution in [-0.4, -0.2) is 29.1 Å². The van der Waals surface area contributed by atoms with E-state index in [1.165, 1.54) is 4.90 Å². The summed E-state index contributed by atoms with van der Waals surface area (Å²) in [5, 5.41) is 23.9. The minimum atomic E-state index is -1.18. The van der Waals surface area contributed by atoms with E-state index in [1.54, 1.807) is 24.3 Å². The summed E-state index contributed by atoms with van der Waals surface area (Å²) in [6.45, 7) is 1.82. The highest BCUT2D eigenvalue weighted by Gasteiger charge is 2.58. The molecule has 3 heterocycles. The summed E-state index contributed by atoms with van der Waals surface area (Å²) in [5.74, 6) is -0.946. The van der Waals surface area contributed by atoms with Gasteiger partial charge < -0.3 is 24.5 Å². The van der Waals surface area contributed by atoms with Crippen LogP contribution in [0.3, 0.4) is 0 Å². The smallest absolute Gasteiger partial charge is 0.461 e. The number of para-hydroxylation sites is 1. The van der Waals surface area contributed by atoms with Crippen molar-refractivity contribution in [1.82, 2.24) is 0 Å². The van der Waals surface area contributed by atoms with E-state index < -0.39 is 25.1 Å². The summed E-state index contributed by atoms with van der Waals surface area (Å²) >= 11 is 0. The lowest BCUT2D eigenvalue weighted by molar-refractivity contribution is -0.123. The standard InChI is InChI=1S/C30H31BN2O6/c1-2-6-18-15-24-27(23-16-26(39-31(37)28(18)23)25-14-13-22(17-34)38-25)30(36)33(29(24)35)21-11-9-20(10-12-21)32-19-7-4-3-5-8-19/h3-5,7-14,23-24,26-27,32,34,37H,2,6,15-17H2,1H3/t23-,24-,26-,27+/m0/s1. The third kappa shape index (κ3) is 4.60. The third-order valence-electron chi connectivity index (χ3n) is 8.11. The van der Waals surface area contributed by atoms with Crippen molar-refractivity contribution < 1.29 is 28.8 Å². The van der Waals surface area contributed by atoms with Crippen LogP contribution in [0.5, 0.6) is 0 Å². The van der Waals surface area contributed by atoms with Gasteiger partial charge in [-0.3, -0.25) is 14.5 Å². The van der Waals surface area contributed by atoms with Crippen LogP contribution in [0.15, 0.2) is 82.2 Å². The Bertz CT molecular complexity index is 1400. The molecule has 0 radical (unpaired) electrons. The molecular weight excluding hydrogens is 495 g/mol. The van der Waals surface area contributed by atoms with Crippen LogP contribution < -0.4 is 10.2 Å². The number of aliphatic hydroxyl groups is 1.